The van der Waals surface area contributed by atoms with E-state index in [1.54, 1.807) is 7.11 Å². The number of likely N-dealkylation sites (tertiary alicyclic amines) is 1. The fourth-order valence-corrected chi connectivity index (χ4v) is 4.57. The van der Waals surface area contributed by atoms with E-state index in [9.17, 15) is 9.59 Å². The fourth-order valence-electron chi connectivity index (χ4n) is 4.57. The summed E-state index contributed by atoms with van der Waals surface area (Å²) in [7, 11) is 1.73. The van der Waals surface area contributed by atoms with Gasteiger partial charge < -0.3 is 19.6 Å². The number of hydrogen-bond donors (Lipinski definition) is 1. The van der Waals surface area contributed by atoms with Crippen LogP contribution in [0.25, 0.3) is 0 Å². The van der Waals surface area contributed by atoms with Crippen LogP contribution in [0.3, 0.4) is 0 Å². The standard InChI is InChI=1S/C22H42N4O4/c1-4-20(28)24-10-7-22(2,8-11-24)26(17-19-30-3)9-5-6-21(29)25-14-12-23(13-15-25)16-18-27/h27H,4-19H2,1-3H3. The van der Waals surface area contributed by atoms with Gasteiger partial charge in [-0.3, -0.25) is 19.4 Å². The molecule has 0 radical (unpaired) electrons. The van der Waals surface area contributed by atoms with Crippen molar-refractivity contribution in [1.29, 1.82) is 0 Å². The highest BCUT2D eigenvalue weighted by Crippen LogP contribution is 2.29. The van der Waals surface area contributed by atoms with E-state index in [0.29, 0.717) is 26.0 Å². The second kappa shape index (κ2) is 12.6. The number of amides is 2. The summed E-state index contributed by atoms with van der Waals surface area (Å²) in [6.07, 6.45) is 3.90. The van der Waals surface area contributed by atoms with Crippen molar-refractivity contribution in [1.82, 2.24) is 19.6 Å². The third-order valence-electron chi connectivity index (χ3n) is 6.78. The van der Waals surface area contributed by atoms with Crippen molar-refractivity contribution < 1.29 is 19.4 Å². The van der Waals surface area contributed by atoms with Gasteiger partial charge in [-0.15, -0.1) is 0 Å². The van der Waals surface area contributed by atoms with E-state index in [2.05, 4.69) is 16.7 Å². The quantitative estimate of drug-likeness (QED) is 0.523. The monoisotopic (exact) mass is 426 g/mol. The van der Waals surface area contributed by atoms with Gasteiger partial charge in [0.2, 0.25) is 11.8 Å². The zero-order valence-corrected chi connectivity index (χ0v) is 19.3. The maximum absolute atomic E-state index is 12.6. The summed E-state index contributed by atoms with van der Waals surface area (Å²) in [5.41, 5.74) is 0.0437. The van der Waals surface area contributed by atoms with Gasteiger partial charge in [0.25, 0.3) is 0 Å². The lowest BCUT2D eigenvalue weighted by Crippen LogP contribution is -2.55. The third-order valence-corrected chi connectivity index (χ3v) is 6.78. The number of methoxy groups -OCH3 is 1. The summed E-state index contributed by atoms with van der Waals surface area (Å²) in [6, 6.07) is 0. The van der Waals surface area contributed by atoms with Crippen LogP contribution in [-0.4, -0.2) is 121 Å². The molecule has 30 heavy (non-hydrogen) atoms. The third kappa shape index (κ3) is 7.18. The van der Waals surface area contributed by atoms with Gasteiger partial charge >= 0.3 is 0 Å². The van der Waals surface area contributed by atoms with Crippen molar-refractivity contribution in [3.05, 3.63) is 0 Å². The van der Waals surface area contributed by atoms with Crippen molar-refractivity contribution in [2.24, 2.45) is 0 Å². The number of piperazine rings is 1. The van der Waals surface area contributed by atoms with Gasteiger partial charge in [-0.25, -0.2) is 0 Å². The summed E-state index contributed by atoms with van der Waals surface area (Å²) in [4.78, 5) is 33.3. The number of aliphatic hydroxyl groups excluding tert-OH is 1. The molecule has 0 bridgehead atoms. The van der Waals surface area contributed by atoms with Crippen LogP contribution in [0.5, 0.6) is 0 Å². The molecule has 0 atom stereocenters. The van der Waals surface area contributed by atoms with E-state index in [-0.39, 0.29) is 24.0 Å². The molecule has 0 aromatic heterocycles. The van der Waals surface area contributed by atoms with Gasteiger partial charge in [0.05, 0.1) is 13.2 Å². The van der Waals surface area contributed by atoms with Crippen molar-refractivity contribution in [2.75, 3.05) is 79.2 Å². The Hall–Kier alpha value is -1.22. The average molecular weight is 427 g/mol. The summed E-state index contributed by atoms with van der Waals surface area (Å²) < 4.78 is 5.33. The van der Waals surface area contributed by atoms with E-state index in [1.165, 1.54) is 0 Å². The van der Waals surface area contributed by atoms with E-state index in [0.717, 1.165) is 71.6 Å². The zero-order chi connectivity index (χ0) is 22.0. The second-order valence-electron chi connectivity index (χ2n) is 8.76. The highest BCUT2D eigenvalue weighted by molar-refractivity contribution is 5.76. The largest absolute Gasteiger partial charge is 0.395 e. The van der Waals surface area contributed by atoms with Crippen LogP contribution >= 0.6 is 0 Å². The predicted octanol–water partition coefficient (Wildman–Crippen LogP) is 0.643. The van der Waals surface area contributed by atoms with E-state index in [4.69, 9.17) is 9.84 Å². The second-order valence-corrected chi connectivity index (χ2v) is 8.76. The molecule has 2 amide bonds. The molecule has 8 heteroatoms. The Morgan fingerprint density at radius 2 is 1.63 bits per heavy atom. The Kier molecular flexibility index (Phi) is 10.5. The Balaban J connectivity index is 1.80. The Bertz CT molecular complexity index is 529. The number of carbonyl (C=O) groups excluding carboxylic acids is 2. The van der Waals surface area contributed by atoms with Gasteiger partial charge in [-0.1, -0.05) is 6.92 Å². The fraction of sp³-hybridized carbons (Fsp3) is 0.909. The predicted molar refractivity (Wildman–Crippen MR) is 117 cm³/mol. The molecular formula is C22H42N4O4. The molecule has 2 heterocycles. The van der Waals surface area contributed by atoms with Crippen LogP contribution in [0.2, 0.25) is 0 Å². The molecule has 2 aliphatic rings. The molecule has 0 aliphatic carbocycles. The SMILES string of the molecule is CCC(=O)N1CCC(C)(N(CCCC(=O)N2CCN(CCO)CC2)CCOC)CC1. The van der Waals surface area contributed by atoms with Crippen molar-refractivity contribution >= 4 is 11.8 Å². The molecule has 2 aliphatic heterocycles. The topological polar surface area (TPSA) is 76.6 Å². The van der Waals surface area contributed by atoms with Crippen LogP contribution in [0.15, 0.2) is 0 Å². The molecule has 2 fully saturated rings. The van der Waals surface area contributed by atoms with Gasteiger partial charge in [0.1, 0.15) is 0 Å². The number of piperidine rings is 1. The van der Waals surface area contributed by atoms with Gasteiger partial charge in [0.15, 0.2) is 0 Å². The first-order valence-corrected chi connectivity index (χ1v) is 11.6. The maximum Gasteiger partial charge on any atom is 0.222 e. The number of hydrogen-bond acceptors (Lipinski definition) is 6. The Morgan fingerprint density at radius 3 is 2.20 bits per heavy atom. The van der Waals surface area contributed by atoms with E-state index in [1.807, 2.05) is 16.7 Å². The zero-order valence-electron chi connectivity index (χ0n) is 19.3. The van der Waals surface area contributed by atoms with E-state index >= 15 is 0 Å². The number of carbonyl (C=O) groups is 2. The van der Waals surface area contributed by atoms with Crippen LogP contribution in [0.1, 0.15) is 46.0 Å². The first-order chi connectivity index (χ1) is 14.4. The van der Waals surface area contributed by atoms with Crippen molar-refractivity contribution in [3.8, 4) is 0 Å². The molecule has 174 valence electrons. The molecule has 0 aromatic carbocycles. The van der Waals surface area contributed by atoms with E-state index < -0.39 is 0 Å². The summed E-state index contributed by atoms with van der Waals surface area (Å²) in [6.45, 7) is 12.3. The van der Waals surface area contributed by atoms with Crippen LogP contribution in [0, 0.1) is 0 Å². The summed E-state index contributed by atoms with van der Waals surface area (Å²) in [5, 5.41) is 9.05. The number of β-amino-alcohol motifs (C(OH)–C–C–N with tert-alkyl or cyclic N) is 1. The number of nitrogens with zero attached hydrogens (tertiary/aromatic N) is 4. The van der Waals surface area contributed by atoms with Crippen LogP contribution in [-0.2, 0) is 14.3 Å². The molecule has 0 aromatic rings. The lowest BCUT2D eigenvalue weighted by atomic mass is 9.87. The molecule has 2 saturated heterocycles. The normalized spacial score (nSPS) is 20.0. The Labute approximate surface area is 182 Å². The highest BCUT2D eigenvalue weighted by atomic mass is 16.5. The van der Waals surface area contributed by atoms with Crippen molar-refractivity contribution in [2.45, 2.75) is 51.5 Å². The smallest absolute Gasteiger partial charge is 0.222 e. The highest BCUT2D eigenvalue weighted by Gasteiger charge is 2.36. The molecule has 2 rings (SSSR count). The maximum atomic E-state index is 12.6. The summed E-state index contributed by atoms with van der Waals surface area (Å²) in [5.74, 6) is 0.476. The number of ether oxygens (including phenoxy) is 1. The number of rotatable bonds is 11. The molecule has 8 nitrogen and oxygen atoms in total. The summed E-state index contributed by atoms with van der Waals surface area (Å²) >= 11 is 0. The number of aliphatic hydroxyl groups is 1. The molecule has 0 spiro atoms. The van der Waals surface area contributed by atoms with Crippen molar-refractivity contribution in [3.63, 3.8) is 0 Å². The first-order valence-electron chi connectivity index (χ1n) is 11.6. The lowest BCUT2D eigenvalue weighted by Gasteiger charge is -2.47. The minimum absolute atomic E-state index is 0.0437. The van der Waals surface area contributed by atoms with Gasteiger partial charge in [0, 0.05) is 77.8 Å². The average Bonchev–Trinajstić information content (AvgIpc) is 2.76. The minimum Gasteiger partial charge on any atom is -0.395 e. The molecule has 0 saturated carbocycles. The Morgan fingerprint density at radius 1 is 1.00 bits per heavy atom. The molecule has 1 N–H and O–H groups in total. The first kappa shape index (κ1) is 25.0. The van der Waals surface area contributed by atoms with Crippen LogP contribution < -0.4 is 0 Å². The molecule has 0 unspecified atom stereocenters. The lowest BCUT2D eigenvalue weighted by molar-refractivity contribution is -0.135. The molecular weight excluding hydrogens is 384 g/mol. The van der Waals surface area contributed by atoms with Crippen LogP contribution in [0.4, 0.5) is 0 Å². The minimum atomic E-state index is 0.0437. The van der Waals surface area contributed by atoms with Gasteiger partial charge in [-0.2, -0.15) is 0 Å². The van der Waals surface area contributed by atoms with Gasteiger partial charge in [-0.05, 0) is 32.7 Å².